The lowest BCUT2D eigenvalue weighted by atomic mass is 10.1. The number of amides is 2. The quantitative estimate of drug-likeness (QED) is 0.461. The van der Waals surface area contributed by atoms with E-state index in [1.165, 1.54) is 4.90 Å². The Bertz CT molecular complexity index is 502. The summed E-state index contributed by atoms with van der Waals surface area (Å²) in [6.07, 6.45) is 2.54. The first-order chi connectivity index (χ1) is 8.75. The van der Waals surface area contributed by atoms with E-state index in [4.69, 9.17) is 0 Å². The van der Waals surface area contributed by atoms with Crippen molar-refractivity contribution in [3.8, 4) is 11.8 Å². The third-order valence-corrected chi connectivity index (χ3v) is 2.99. The van der Waals surface area contributed by atoms with E-state index in [-0.39, 0.29) is 11.8 Å². The minimum absolute atomic E-state index is 0.169. The number of imide groups is 1. The van der Waals surface area contributed by atoms with Gasteiger partial charge in [-0.25, -0.2) is 0 Å². The number of fused-ring (bicyclic) bond motifs is 1. The molecule has 1 aromatic carbocycles. The molecule has 0 atom stereocenters. The van der Waals surface area contributed by atoms with Gasteiger partial charge in [0.2, 0.25) is 0 Å². The molecular weight excluding hydrogens is 226 g/mol. The zero-order valence-electron chi connectivity index (χ0n) is 10.4. The average Bonchev–Trinajstić information content (AvgIpc) is 2.64. The van der Waals surface area contributed by atoms with Crippen LogP contribution < -0.4 is 0 Å². The van der Waals surface area contributed by atoms with Crippen LogP contribution in [0.15, 0.2) is 24.3 Å². The third kappa shape index (κ3) is 2.28. The molecule has 0 spiro atoms. The van der Waals surface area contributed by atoms with Crippen molar-refractivity contribution in [1.82, 2.24) is 4.90 Å². The summed E-state index contributed by atoms with van der Waals surface area (Å²) in [5, 5.41) is 0. The number of hydrogen-bond acceptors (Lipinski definition) is 2. The highest BCUT2D eigenvalue weighted by Crippen LogP contribution is 2.22. The van der Waals surface area contributed by atoms with Gasteiger partial charge < -0.3 is 0 Å². The molecule has 1 aromatic rings. The Morgan fingerprint density at radius 3 is 2.22 bits per heavy atom. The van der Waals surface area contributed by atoms with Crippen molar-refractivity contribution >= 4 is 11.8 Å². The van der Waals surface area contributed by atoms with Crippen molar-refractivity contribution in [2.24, 2.45) is 0 Å². The van der Waals surface area contributed by atoms with E-state index in [1.807, 2.05) is 6.92 Å². The van der Waals surface area contributed by atoms with Crippen LogP contribution in [0, 0.1) is 11.8 Å². The molecule has 0 unspecified atom stereocenters. The summed E-state index contributed by atoms with van der Waals surface area (Å²) < 4.78 is 0. The number of benzene rings is 1. The van der Waals surface area contributed by atoms with Crippen LogP contribution in [0.5, 0.6) is 0 Å². The lowest BCUT2D eigenvalue weighted by molar-refractivity contribution is 0.0652. The van der Waals surface area contributed by atoms with Crippen LogP contribution >= 0.6 is 0 Å². The van der Waals surface area contributed by atoms with Gasteiger partial charge in [-0.2, -0.15) is 0 Å². The van der Waals surface area contributed by atoms with Crippen molar-refractivity contribution in [3.05, 3.63) is 35.4 Å². The van der Waals surface area contributed by atoms with Gasteiger partial charge in [-0.15, -0.1) is 11.8 Å². The molecule has 0 bridgehead atoms. The zero-order valence-corrected chi connectivity index (χ0v) is 10.4. The number of nitrogens with zero attached hydrogens (tertiary/aromatic N) is 1. The number of rotatable bonds is 4. The topological polar surface area (TPSA) is 37.4 Å². The van der Waals surface area contributed by atoms with E-state index in [0.29, 0.717) is 17.7 Å². The molecule has 0 aromatic heterocycles. The highest BCUT2D eigenvalue weighted by Gasteiger charge is 2.34. The Morgan fingerprint density at radius 2 is 1.67 bits per heavy atom. The molecule has 0 saturated carbocycles. The minimum Gasteiger partial charge on any atom is -0.274 e. The highest BCUT2D eigenvalue weighted by atomic mass is 16.2. The molecule has 2 amide bonds. The molecule has 1 heterocycles. The van der Waals surface area contributed by atoms with Crippen molar-refractivity contribution in [1.29, 1.82) is 0 Å². The van der Waals surface area contributed by atoms with E-state index in [2.05, 4.69) is 11.8 Å². The van der Waals surface area contributed by atoms with Gasteiger partial charge in [-0.3, -0.25) is 14.5 Å². The molecule has 1 aliphatic heterocycles. The van der Waals surface area contributed by atoms with Crippen LogP contribution in [0.2, 0.25) is 0 Å². The van der Waals surface area contributed by atoms with Gasteiger partial charge in [0.1, 0.15) is 0 Å². The molecule has 0 N–H and O–H groups in total. The Morgan fingerprint density at radius 1 is 1.06 bits per heavy atom. The molecule has 0 aliphatic carbocycles. The summed E-state index contributed by atoms with van der Waals surface area (Å²) in [7, 11) is 0. The molecular formula is C15H15NO2. The van der Waals surface area contributed by atoms with Gasteiger partial charge in [-0.1, -0.05) is 12.1 Å². The normalized spacial score (nSPS) is 13.3. The number of carbonyl (C=O) groups is 2. The maximum atomic E-state index is 12.0. The van der Waals surface area contributed by atoms with Gasteiger partial charge in [0, 0.05) is 13.0 Å². The van der Waals surface area contributed by atoms with Crippen molar-refractivity contribution in [3.63, 3.8) is 0 Å². The second-order valence-electron chi connectivity index (χ2n) is 4.19. The second kappa shape index (κ2) is 5.50. The monoisotopic (exact) mass is 241 g/mol. The van der Waals surface area contributed by atoms with E-state index in [1.54, 1.807) is 24.3 Å². The molecule has 2 rings (SSSR count). The molecule has 92 valence electrons. The lowest BCUT2D eigenvalue weighted by Crippen LogP contribution is -2.30. The van der Waals surface area contributed by atoms with Crippen LogP contribution in [0.3, 0.4) is 0 Å². The first-order valence-electron chi connectivity index (χ1n) is 6.10. The fraction of sp³-hybridized carbons (Fsp3) is 0.333. The minimum atomic E-state index is -0.169. The average molecular weight is 241 g/mol. The molecule has 3 nitrogen and oxygen atoms in total. The maximum Gasteiger partial charge on any atom is 0.261 e. The fourth-order valence-electron chi connectivity index (χ4n) is 2.05. The van der Waals surface area contributed by atoms with Gasteiger partial charge in [0.05, 0.1) is 11.1 Å². The number of unbranched alkanes of at least 4 members (excludes halogenated alkanes) is 2. The smallest absolute Gasteiger partial charge is 0.261 e. The number of carbonyl (C=O) groups excluding carboxylic acids is 2. The van der Waals surface area contributed by atoms with Crippen LogP contribution in [-0.2, 0) is 0 Å². The highest BCUT2D eigenvalue weighted by molar-refractivity contribution is 6.21. The van der Waals surface area contributed by atoms with E-state index in [9.17, 15) is 9.59 Å². The summed E-state index contributed by atoms with van der Waals surface area (Å²) in [4.78, 5) is 25.3. The standard InChI is InChI=1S/C15H15NO2/c1-2-3-4-5-8-11-16-14(17)12-9-6-7-10-13(12)15(16)18/h6-7,9-10H,4-5,8,11H2,1H3. The predicted molar refractivity (Wildman–Crippen MR) is 69.1 cm³/mol. The van der Waals surface area contributed by atoms with Gasteiger partial charge in [0.25, 0.3) is 11.8 Å². The van der Waals surface area contributed by atoms with E-state index >= 15 is 0 Å². The van der Waals surface area contributed by atoms with Crippen molar-refractivity contribution < 1.29 is 9.59 Å². The third-order valence-electron chi connectivity index (χ3n) is 2.99. The van der Waals surface area contributed by atoms with Crippen molar-refractivity contribution in [2.75, 3.05) is 6.54 Å². The van der Waals surface area contributed by atoms with Crippen LogP contribution in [0.25, 0.3) is 0 Å². The van der Waals surface area contributed by atoms with Crippen LogP contribution in [0.1, 0.15) is 46.9 Å². The summed E-state index contributed by atoms with van der Waals surface area (Å²) in [5.41, 5.74) is 1.05. The lowest BCUT2D eigenvalue weighted by Gasteiger charge is -2.12. The van der Waals surface area contributed by atoms with E-state index < -0.39 is 0 Å². The summed E-state index contributed by atoms with van der Waals surface area (Å²) in [6, 6.07) is 6.98. The Balaban J connectivity index is 1.98. The summed E-state index contributed by atoms with van der Waals surface area (Å²) in [6.45, 7) is 2.29. The second-order valence-corrected chi connectivity index (χ2v) is 4.19. The Hall–Kier alpha value is -2.08. The number of hydrogen-bond donors (Lipinski definition) is 0. The molecule has 3 heteroatoms. The SMILES string of the molecule is CC#CCCCCN1C(=O)c2ccccc2C1=O. The van der Waals surface area contributed by atoms with Crippen molar-refractivity contribution in [2.45, 2.75) is 26.2 Å². The Kier molecular flexibility index (Phi) is 3.78. The Labute approximate surface area is 107 Å². The predicted octanol–water partition coefficient (Wildman–Crippen LogP) is 2.48. The molecule has 1 aliphatic rings. The fourth-order valence-corrected chi connectivity index (χ4v) is 2.05. The molecule has 0 radical (unpaired) electrons. The van der Waals surface area contributed by atoms with Crippen LogP contribution in [0.4, 0.5) is 0 Å². The summed E-state index contributed by atoms with van der Waals surface area (Å²) in [5.74, 6) is 5.47. The first kappa shape index (κ1) is 12.4. The summed E-state index contributed by atoms with van der Waals surface area (Å²) >= 11 is 0. The molecule has 18 heavy (non-hydrogen) atoms. The zero-order chi connectivity index (χ0) is 13.0. The molecule has 0 fully saturated rings. The van der Waals surface area contributed by atoms with E-state index in [0.717, 1.165) is 19.3 Å². The maximum absolute atomic E-state index is 12.0. The van der Waals surface area contributed by atoms with Gasteiger partial charge >= 0.3 is 0 Å². The van der Waals surface area contributed by atoms with Crippen LogP contribution in [-0.4, -0.2) is 23.3 Å². The first-order valence-corrected chi connectivity index (χ1v) is 6.10. The van der Waals surface area contributed by atoms with Gasteiger partial charge in [0.15, 0.2) is 0 Å². The molecule has 0 saturated heterocycles. The largest absolute Gasteiger partial charge is 0.274 e. The van der Waals surface area contributed by atoms with Gasteiger partial charge in [-0.05, 0) is 31.9 Å².